The second-order valence-electron chi connectivity index (χ2n) is 14.3. The molecule has 0 saturated heterocycles. The lowest BCUT2D eigenvalue weighted by atomic mass is 10.1. The first kappa shape index (κ1) is 41.6. The van der Waals surface area contributed by atoms with E-state index in [4.69, 9.17) is 23.7 Å². The third-order valence-corrected chi connectivity index (χ3v) is 9.92. The molecular formula is C45H48N6O9. The van der Waals surface area contributed by atoms with Gasteiger partial charge in [0.1, 0.15) is 42.8 Å². The summed E-state index contributed by atoms with van der Waals surface area (Å²) in [6.45, 7) is 4.09. The van der Waals surface area contributed by atoms with E-state index >= 15 is 0 Å². The molecule has 0 aliphatic carbocycles. The van der Waals surface area contributed by atoms with Gasteiger partial charge in [0.15, 0.2) is 0 Å². The lowest BCUT2D eigenvalue weighted by Gasteiger charge is -2.13. The highest BCUT2D eigenvalue weighted by atomic mass is 16.6. The standard InChI is InChI=1S/C45H48N6O9/c52-42-34-25-35(27-39(26-34)60-31-36-30-50(49-48-36)17-5-1-2-6-18-51-44(54)40-7-3-4-8-41(40)45(51)55)43(53)47-29-33-11-15-38(16-12-33)59-24-22-57-20-19-56-21-23-58-37-13-9-32(10-14-37)28-46-42/h3-4,7-16,25-27,30H,1-2,5-6,17-24,28-29,31H2,(H,46,52)(H,47,53). The number of nitrogens with zero attached hydrogens (tertiary/aromatic N) is 4. The molecule has 312 valence electrons. The van der Waals surface area contributed by atoms with Gasteiger partial charge in [0.25, 0.3) is 23.6 Å². The normalized spacial score (nSPS) is 15.4. The van der Waals surface area contributed by atoms with Crippen LogP contribution in [0.4, 0.5) is 0 Å². The minimum absolute atomic E-state index is 0.0630. The third kappa shape index (κ3) is 11.5. The summed E-state index contributed by atoms with van der Waals surface area (Å²) in [6, 6.07) is 26.5. The largest absolute Gasteiger partial charge is 0.491 e. The number of hydrogen-bond donors (Lipinski definition) is 2. The number of rotatable bonds is 10. The first-order chi connectivity index (χ1) is 29.4. The van der Waals surface area contributed by atoms with Gasteiger partial charge in [0.2, 0.25) is 0 Å². The van der Waals surface area contributed by atoms with Crippen molar-refractivity contribution >= 4 is 23.6 Å². The minimum Gasteiger partial charge on any atom is -0.491 e. The smallest absolute Gasteiger partial charge is 0.261 e. The zero-order valence-corrected chi connectivity index (χ0v) is 33.3. The summed E-state index contributed by atoms with van der Waals surface area (Å²) in [5.74, 6) is 0.478. The molecule has 5 aliphatic heterocycles. The number of aryl methyl sites for hydroxylation is 1. The predicted octanol–water partition coefficient (Wildman–Crippen LogP) is 5.38. The monoisotopic (exact) mass is 816 g/mol. The molecule has 10 rings (SSSR count). The molecule has 5 aromatic rings. The van der Waals surface area contributed by atoms with Crippen molar-refractivity contribution in [2.24, 2.45) is 0 Å². The summed E-state index contributed by atoms with van der Waals surface area (Å²) in [4.78, 5) is 53.5. The first-order valence-corrected chi connectivity index (χ1v) is 20.2. The quantitative estimate of drug-likeness (QED) is 0.137. The Kier molecular flexibility index (Phi) is 14.5. The Morgan fingerprint density at radius 3 is 1.67 bits per heavy atom. The lowest BCUT2D eigenvalue weighted by molar-refractivity contribution is 0.0273. The number of hydrogen-bond acceptors (Lipinski definition) is 11. The number of fused-ring (bicyclic) bond motifs is 1. The van der Waals surface area contributed by atoms with Crippen LogP contribution in [-0.2, 0) is 35.7 Å². The number of unbranched alkanes of at least 4 members (excludes halogenated alkanes) is 3. The van der Waals surface area contributed by atoms with Gasteiger partial charge in [-0.3, -0.25) is 28.8 Å². The summed E-state index contributed by atoms with van der Waals surface area (Å²) in [5.41, 5.74) is 3.76. The van der Waals surface area contributed by atoms with Crippen LogP contribution in [0.25, 0.3) is 0 Å². The highest BCUT2D eigenvalue weighted by Gasteiger charge is 2.34. The van der Waals surface area contributed by atoms with Crippen LogP contribution in [0.1, 0.15) is 83.9 Å². The fourth-order valence-corrected chi connectivity index (χ4v) is 6.69. The topological polar surface area (TPSA) is 172 Å². The molecule has 0 fully saturated rings. The van der Waals surface area contributed by atoms with Gasteiger partial charge in [0.05, 0.1) is 43.8 Å². The van der Waals surface area contributed by atoms with Gasteiger partial charge >= 0.3 is 0 Å². The molecule has 0 saturated carbocycles. The first-order valence-electron chi connectivity index (χ1n) is 20.2. The zero-order valence-electron chi connectivity index (χ0n) is 33.3. The molecule has 60 heavy (non-hydrogen) atoms. The molecule has 4 amide bonds. The second kappa shape index (κ2) is 20.9. The minimum atomic E-state index is -0.376. The van der Waals surface area contributed by atoms with Crippen LogP contribution in [0, 0.1) is 0 Å². The van der Waals surface area contributed by atoms with E-state index in [1.807, 2.05) is 48.5 Å². The van der Waals surface area contributed by atoms with Crippen molar-refractivity contribution in [3.05, 3.63) is 136 Å². The van der Waals surface area contributed by atoms with E-state index in [1.165, 1.54) is 11.0 Å². The highest BCUT2D eigenvalue weighted by molar-refractivity contribution is 6.21. The van der Waals surface area contributed by atoms with Crippen LogP contribution in [0.15, 0.2) is 97.2 Å². The van der Waals surface area contributed by atoms with Gasteiger partial charge < -0.3 is 34.3 Å². The Morgan fingerprint density at radius 1 is 0.600 bits per heavy atom. The van der Waals surface area contributed by atoms with Crippen LogP contribution in [0.2, 0.25) is 0 Å². The van der Waals surface area contributed by atoms with Gasteiger partial charge in [-0.25, -0.2) is 0 Å². The average Bonchev–Trinajstić information content (AvgIpc) is 3.83. The van der Waals surface area contributed by atoms with E-state index in [-0.39, 0.29) is 54.5 Å². The molecule has 0 spiro atoms. The molecule has 6 bridgehead atoms. The molecular weight excluding hydrogens is 769 g/mol. The van der Waals surface area contributed by atoms with Crippen molar-refractivity contribution in [3.63, 3.8) is 0 Å². The van der Waals surface area contributed by atoms with Crippen LogP contribution >= 0.6 is 0 Å². The van der Waals surface area contributed by atoms with E-state index in [0.29, 0.717) is 86.8 Å². The molecule has 0 unspecified atom stereocenters. The molecule has 1 aromatic heterocycles. The maximum Gasteiger partial charge on any atom is 0.261 e. The Morgan fingerprint density at radius 2 is 1.12 bits per heavy atom. The van der Waals surface area contributed by atoms with Gasteiger partial charge in [-0.2, -0.15) is 0 Å². The fraction of sp³-hybridized carbons (Fsp3) is 0.333. The third-order valence-electron chi connectivity index (χ3n) is 9.92. The van der Waals surface area contributed by atoms with Crippen LogP contribution in [0.5, 0.6) is 17.2 Å². The van der Waals surface area contributed by atoms with Crippen LogP contribution in [-0.4, -0.2) is 89.7 Å². The Labute approximate surface area is 347 Å². The zero-order chi connectivity index (χ0) is 41.5. The number of ether oxygens (including phenoxy) is 5. The SMILES string of the molecule is O=C1NCc2ccc(cc2)OCCOCCOCCOc2ccc(cc2)CNC(=O)c2cc(OCc3cn(CCCCCCN4C(=O)c5ccccc5C4=O)nn3)cc1c2. The lowest BCUT2D eigenvalue weighted by Crippen LogP contribution is -2.30. The molecule has 5 aliphatic rings. The highest BCUT2D eigenvalue weighted by Crippen LogP contribution is 2.24. The van der Waals surface area contributed by atoms with Gasteiger partial charge in [-0.1, -0.05) is 54.5 Å². The molecule has 0 atom stereocenters. The number of imide groups is 1. The van der Waals surface area contributed by atoms with E-state index in [9.17, 15) is 19.2 Å². The second-order valence-corrected chi connectivity index (χ2v) is 14.3. The fourth-order valence-electron chi connectivity index (χ4n) is 6.69. The van der Waals surface area contributed by atoms with Gasteiger partial charge in [-0.05, 0) is 78.6 Å². The Hall–Kier alpha value is -6.58. The van der Waals surface area contributed by atoms with E-state index in [2.05, 4.69) is 20.9 Å². The van der Waals surface area contributed by atoms with Crippen molar-refractivity contribution in [3.8, 4) is 17.2 Å². The summed E-state index contributed by atoms with van der Waals surface area (Å²) in [7, 11) is 0. The van der Waals surface area contributed by atoms with Crippen molar-refractivity contribution in [1.29, 1.82) is 0 Å². The summed E-state index contributed by atoms with van der Waals surface area (Å²) >= 11 is 0. The Bertz CT molecular complexity index is 2120. The molecule has 15 nitrogen and oxygen atoms in total. The maximum absolute atomic E-state index is 13.5. The van der Waals surface area contributed by atoms with Crippen LogP contribution in [0.3, 0.4) is 0 Å². The number of benzene rings is 4. The van der Waals surface area contributed by atoms with Gasteiger partial charge in [0, 0.05) is 37.3 Å². The number of amides is 4. The Balaban J connectivity index is 0.941. The van der Waals surface area contributed by atoms with E-state index in [1.54, 1.807) is 47.3 Å². The van der Waals surface area contributed by atoms with Crippen LogP contribution < -0.4 is 24.8 Å². The molecule has 0 radical (unpaired) electrons. The number of nitrogens with one attached hydrogen (secondary N) is 2. The molecule has 4 aromatic carbocycles. The summed E-state index contributed by atoms with van der Waals surface area (Å²) in [5, 5.41) is 14.4. The molecule has 15 heteroatoms. The van der Waals surface area contributed by atoms with Crippen molar-refractivity contribution in [1.82, 2.24) is 30.5 Å². The van der Waals surface area contributed by atoms with E-state index in [0.717, 1.165) is 36.8 Å². The summed E-state index contributed by atoms with van der Waals surface area (Å²) < 4.78 is 30.6. The predicted molar refractivity (Wildman–Crippen MR) is 219 cm³/mol. The number of aromatic nitrogens is 3. The molecule has 6 heterocycles. The van der Waals surface area contributed by atoms with Gasteiger partial charge in [-0.15, -0.1) is 5.10 Å². The van der Waals surface area contributed by atoms with Crippen molar-refractivity contribution in [2.75, 3.05) is 46.2 Å². The number of carbonyl (C=O) groups excluding carboxylic acids is 4. The van der Waals surface area contributed by atoms with Crippen molar-refractivity contribution < 1.29 is 42.9 Å². The van der Waals surface area contributed by atoms with Crippen molar-refractivity contribution in [2.45, 2.75) is 51.9 Å². The average molecular weight is 817 g/mol. The van der Waals surface area contributed by atoms with E-state index < -0.39 is 0 Å². The summed E-state index contributed by atoms with van der Waals surface area (Å²) in [6.07, 6.45) is 5.10. The molecule has 2 N–H and O–H groups in total. The number of carbonyl (C=O) groups is 4. The maximum atomic E-state index is 13.5.